The molecule has 1 saturated heterocycles. The van der Waals surface area contributed by atoms with Crippen LogP contribution in [0.2, 0.25) is 0 Å². The lowest BCUT2D eigenvalue weighted by molar-refractivity contribution is -0.384. The second-order valence-corrected chi connectivity index (χ2v) is 6.59. The first kappa shape index (κ1) is 18.1. The SMILES string of the molecule is CC1OB(c2ccc(Oc3ccc([N+](=O)[O-])cc3)cc2C=O)OC1(C)C. The monoisotopic (exact) mass is 355 g/mol. The van der Waals surface area contributed by atoms with Crippen molar-refractivity contribution in [2.75, 3.05) is 0 Å². The standard InChI is InChI=1S/C18H18BNO6/c1-12-18(2,3)26-19(25-12)17-9-8-16(10-13(17)11-21)24-15-6-4-14(5-7-15)20(22)23/h4-12H,1-3H3. The molecule has 0 aromatic heterocycles. The van der Waals surface area contributed by atoms with Crippen LogP contribution in [0.15, 0.2) is 42.5 Å². The van der Waals surface area contributed by atoms with E-state index in [2.05, 4.69) is 0 Å². The van der Waals surface area contributed by atoms with Crippen molar-refractivity contribution < 1.29 is 23.8 Å². The second-order valence-electron chi connectivity index (χ2n) is 6.59. The van der Waals surface area contributed by atoms with Crippen molar-refractivity contribution in [3.05, 3.63) is 58.1 Å². The minimum atomic E-state index is -0.617. The van der Waals surface area contributed by atoms with E-state index >= 15 is 0 Å². The number of hydrogen-bond acceptors (Lipinski definition) is 6. The van der Waals surface area contributed by atoms with E-state index in [1.807, 2.05) is 20.8 Å². The molecule has 8 heteroatoms. The van der Waals surface area contributed by atoms with Crippen molar-refractivity contribution in [1.82, 2.24) is 0 Å². The summed E-state index contributed by atoms with van der Waals surface area (Å²) >= 11 is 0. The summed E-state index contributed by atoms with van der Waals surface area (Å²) in [5.74, 6) is 0.873. The maximum atomic E-state index is 11.5. The summed E-state index contributed by atoms with van der Waals surface area (Å²) in [6, 6.07) is 10.7. The molecule has 134 valence electrons. The number of rotatable bonds is 5. The zero-order valence-electron chi connectivity index (χ0n) is 14.7. The number of aldehydes is 1. The fourth-order valence-electron chi connectivity index (χ4n) is 2.59. The van der Waals surface area contributed by atoms with Crippen molar-refractivity contribution in [1.29, 1.82) is 0 Å². The molecule has 1 aliphatic rings. The minimum Gasteiger partial charge on any atom is -0.457 e. The molecule has 1 fully saturated rings. The Kier molecular flexibility index (Phi) is 4.80. The molecule has 2 aromatic rings. The Labute approximate surface area is 151 Å². The van der Waals surface area contributed by atoms with Gasteiger partial charge in [-0.1, -0.05) is 6.07 Å². The summed E-state index contributed by atoms with van der Waals surface area (Å²) in [7, 11) is -0.617. The number of carbonyl (C=O) groups is 1. The molecule has 1 atom stereocenters. The molecular weight excluding hydrogens is 337 g/mol. The van der Waals surface area contributed by atoms with Crippen LogP contribution in [0.5, 0.6) is 11.5 Å². The van der Waals surface area contributed by atoms with Crippen LogP contribution in [-0.4, -0.2) is 30.0 Å². The Hall–Kier alpha value is -2.71. The molecule has 3 rings (SSSR count). The zero-order valence-corrected chi connectivity index (χ0v) is 14.7. The first-order chi connectivity index (χ1) is 12.3. The molecule has 7 nitrogen and oxygen atoms in total. The Bertz CT molecular complexity index is 836. The number of nitro groups is 1. The predicted molar refractivity (Wildman–Crippen MR) is 96.1 cm³/mol. The van der Waals surface area contributed by atoms with Crippen LogP contribution >= 0.6 is 0 Å². The van der Waals surface area contributed by atoms with Gasteiger partial charge in [-0.3, -0.25) is 14.9 Å². The normalized spacial score (nSPS) is 18.6. The fourth-order valence-corrected chi connectivity index (χ4v) is 2.59. The lowest BCUT2D eigenvalue weighted by atomic mass is 9.76. The Morgan fingerprint density at radius 2 is 1.85 bits per heavy atom. The molecule has 1 heterocycles. The van der Waals surface area contributed by atoms with Gasteiger partial charge in [-0.05, 0) is 50.5 Å². The van der Waals surface area contributed by atoms with Crippen LogP contribution in [0.4, 0.5) is 5.69 Å². The van der Waals surface area contributed by atoms with Crippen molar-refractivity contribution in [2.45, 2.75) is 32.5 Å². The maximum Gasteiger partial charge on any atom is 0.495 e. The number of nitro benzene ring substituents is 1. The van der Waals surface area contributed by atoms with Crippen LogP contribution in [-0.2, 0) is 9.31 Å². The van der Waals surface area contributed by atoms with Gasteiger partial charge in [-0.15, -0.1) is 0 Å². The first-order valence-electron chi connectivity index (χ1n) is 8.15. The zero-order chi connectivity index (χ0) is 18.9. The summed E-state index contributed by atoms with van der Waals surface area (Å²) in [6.07, 6.45) is 0.615. The van der Waals surface area contributed by atoms with Crippen LogP contribution in [0.1, 0.15) is 31.1 Å². The molecule has 0 saturated carbocycles. The van der Waals surface area contributed by atoms with Gasteiger partial charge in [0.05, 0.1) is 16.6 Å². The van der Waals surface area contributed by atoms with Gasteiger partial charge >= 0.3 is 7.12 Å². The summed E-state index contributed by atoms with van der Waals surface area (Å²) < 4.78 is 17.4. The van der Waals surface area contributed by atoms with E-state index in [0.717, 1.165) is 6.29 Å². The third kappa shape index (κ3) is 3.61. The largest absolute Gasteiger partial charge is 0.495 e. The van der Waals surface area contributed by atoms with Gasteiger partial charge in [0.25, 0.3) is 5.69 Å². The van der Waals surface area contributed by atoms with Crippen molar-refractivity contribution in [3.8, 4) is 11.5 Å². The summed E-state index contributed by atoms with van der Waals surface area (Å²) in [4.78, 5) is 21.7. The van der Waals surface area contributed by atoms with E-state index in [9.17, 15) is 14.9 Å². The van der Waals surface area contributed by atoms with Crippen molar-refractivity contribution in [3.63, 3.8) is 0 Å². The van der Waals surface area contributed by atoms with E-state index in [1.165, 1.54) is 24.3 Å². The van der Waals surface area contributed by atoms with E-state index in [0.29, 0.717) is 22.5 Å². The van der Waals surface area contributed by atoms with Gasteiger partial charge in [-0.25, -0.2) is 0 Å². The van der Waals surface area contributed by atoms with E-state index in [4.69, 9.17) is 14.0 Å². The third-order valence-corrected chi connectivity index (χ3v) is 4.44. The highest BCUT2D eigenvalue weighted by molar-refractivity contribution is 6.63. The molecule has 26 heavy (non-hydrogen) atoms. The van der Waals surface area contributed by atoms with E-state index < -0.39 is 17.6 Å². The molecular formula is C18H18BNO6. The summed E-state index contributed by atoms with van der Waals surface area (Å²) in [5.41, 5.74) is 0.569. The van der Waals surface area contributed by atoms with Crippen molar-refractivity contribution in [2.24, 2.45) is 0 Å². The van der Waals surface area contributed by atoms with Gasteiger partial charge < -0.3 is 14.0 Å². The highest BCUT2D eigenvalue weighted by atomic mass is 16.7. The highest BCUT2D eigenvalue weighted by Gasteiger charge is 2.44. The smallest absolute Gasteiger partial charge is 0.457 e. The topological polar surface area (TPSA) is 87.9 Å². The molecule has 2 aromatic carbocycles. The predicted octanol–water partition coefficient (Wildman–Crippen LogP) is 3.11. The Morgan fingerprint density at radius 3 is 2.38 bits per heavy atom. The number of carbonyl (C=O) groups excluding carboxylic acids is 1. The quantitative estimate of drug-likeness (QED) is 0.354. The second kappa shape index (κ2) is 6.89. The van der Waals surface area contributed by atoms with Gasteiger partial charge in [0.2, 0.25) is 0 Å². The van der Waals surface area contributed by atoms with Crippen LogP contribution in [0.25, 0.3) is 0 Å². The average molecular weight is 355 g/mol. The first-order valence-corrected chi connectivity index (χ1v) is 8.15. The average Bonchev–Trinajstić information content (AvgIpc) is 2.88. The lowest BCUT2D eigenvalue weighted by Crippen LogP contribution is -2.36. The number of non-ortho nitro benzene ring substituents is 1. The summed E-state index contributed by atoms with van der Waals surface area (Å²) in [6.45, 7) is 5.79. The molecule has 1 unspecified atom stereocenters. The van der Waals surface area contributed by atoms with Gasteiger partial charge in [-0.2, -0.15) is 0 Å². The van der Waals surface area contributed by atoms with Crippen LogP contribution < -0.4 is 10.2 Å². The Balaban J connectivity index is 1.81. The fraction of sp³-hybridized carbons (Fsp3) is 0.278. The molecule has 0 amide bonds. The van der Waals surface area contributed by atoms with Gasteiger partial charge in [0, 0.05) is 17.7 Å². The number of benzene rings is 2. The number of ether oxygens (including phenoxy) is 1. The lowest BCUT2D eigenvalue weighted by Gasteiger charge is -2.21. The van der Waals surface area contributed by atoms with E-state index in [1.54, 1.807) is 18.2 Å². The Morgan fingerprint density at radius 1 is 1.19 bits per heavy atom. The van der Waals surface area contributed by atoms with Crippen LogP contribution in [0.3, 0.4) is 0 Å². The van der Waals surface area contributed by atoms with E-state index in [-0.39, 0.29) is 11.8 Å². The maximum absolute atomic E-state index is 11.5. The molecule has 0 aliphatic carbocycles. The van der Waals surface area contributed by atoms with Crippen LogP contribution in [0, 0.1) is 10.1 Å². The highest BCUT2D eigenvalue weighted by Crippen LogP contribution is 2.28. The summed E-state index contributed by atoms with van der Waals surface area (Å²) in [5, 5.41) is 10.7. The molecule has 0 radical (unpaired) electrons. The molecule has 0 spiro atoms. The van der Waals surface area contributed by atoms with Crippen molar-refractivity contribution >= 4 is 24.6 Å². The van der Waals surface area contributed by atoms with Gasteiger partial charge in [0.1, 0.15) is 17.8 Å². The number of nitrogens with zero attached hydrogens (tertiary/aromatic N) is 1. The molecule has 1 aliphatic heterocycles. The van der Waals surface area contributed by atoms with Gasteiger partial charge in [0.15, 0.2) is 0 Å². The molecule has 0 N–H and O–H groups in total. The number of hydrogen-bond donors (Lipinski definition) is 0. The molecule has 0 bridgehead atoms. The minimum absolute atomic E-state index is 0.0199. The third-order valence-electron chi connectivity index (χ3n) is 4.44.